The number of hydrogen-bond donors (Lipinski definition) is 1. The average Bonchev–Trinajstić information content (AvgIpc) is 2.79. The van der Waals surface area contributed by atoms with Gasteiger partial charge in [-0.25, -0.2) is 0 Å². The molecule has 0 fully saturated rings. The van der Waals surface area contributed by atoms with Gasteiger partial charge in [0.2, 0.25) is 0 Å². The van der Waals surface area contributed by atoms with Crippen LogP contribution in [0.25, 0.3) is 10.9 Å². The Balaban J connectivity index is 2.18. The number of para-hydroxylation sites is 1. The largest absolute Gasteiger partial charge is 0.351 e. The Bertz CT molecular complexity index is 538. The summed E-state index contributed by atoms with van der Waals surface area (Å²) in [6, 6.07) is 10.1. The van der Waals surface area contributed by atoms with Crippen molar-refractivity contribution in [1.82, 2.24) is 9.88 Å². The Morgan fingerprint density at radius 3 is 2.58 bits per heavy atom. The number of fused-ring (bicyclic) bond motifs is 1. The summed E-state index contributed by atoms with van der Waals surface area (Å²) < 4.78 is 0. The van der Waals surface area contributed by atoms with E-state index in [1.165, 1.54) is 0 Å². The lowest BCUT2D eigenvalue weighted by atomic mass is 10.0. The molecule has 1 atom stereocenters. The van der Waals surface area contributed by atoms with Gasteiger partial charge in [-0.05, 0) is 31.4 Å². The molecule has 3 nitrogen and oxygen atoms in total. The summed E-state index contributed by atoms with van der Waals surface area (Å²) in [4.78, 5) is 17.4. The van der Waals surface area contributed by atoms with Gasteiger partial charge < -0.3 is 9.88 Å². The van der Waals surface area contributed by atoms with Gasteiger partial charge in [0.1, 0.15) is 5.69 Å². The second kappa shape index (κ2) is 5.47. The highest BCUT2D eigenvalue weighted by molar-refractivity contribution is 5.98. The van der Waals surface area contributed by atoms with Gasteiger partial charge in [0.15, 0.2) is 0 Å². The summed E-state index contributed by atoms with van der Waals surface area (Å²) in [6.45, 7) is 6.45. The molecule has 1 N–H and O–H groups in total. The topological polar surface area (TPSA) is 36.1 Å². The molecule has 19 heavy (non-hydrogen) atoms. The molecule has 1 amide bonds. The van der Waals surface area contributed by atoms with Crippen molar-refractivity contribution in [3.63, 3.8) is 0 Å². The number of carbonyl (C=O) groups excluding carboxylic acids is 1. The summed E-state index contributed by atoms with van der Waals surface area (Å²) in [5.74, 6) is 0.650. The normalized spacial score (nSPS) is 12.9. The molecule has 1 heterocycles. The van der Waals surface area contributed by atoms with Gasteiger partial charge in [-0.15, -0.1) is 0 Å². The number of carbonyl (C=O) groups is 1. The number of benzene rings is 1. The molecule has 0 aliphatic rings. The molecule has 0 aliphatic heterocycles. The van der Waals surface area contributed by atoms with Crippen molar-refractivity contribution in [1.29, 1.82) is 0 Å². The lowest BCUT2D eigenvalue weighted by molar-refractivity contribution is 0.0723. The molecular formula is C16H22N2O. The van der Waals surface area contributed by atoms with E-state index in [-0.39, 0.29) is 11.9 Å². The van der Waals surface area contributed by atoms with E-state index < -0.39 is 0 Å². The summed E-state index contributed by atoms with van der Waals surface area (Å²) >= 11 is 0. The first-order valence-corrected chi connectivity index (χ1v) is 6.84. The van der Waals surface area contributed by atoms with Crippen molar-refractivity contribution in [2.24, 2.45) is 5.92 Å². The molecule has 2 aromatic rings. The van der Waals surface area contributed by atoms with E-state index in [0.29, 0.717) is 11.6 Å². The molecule has 0 radical (unpaired) electrons. The van der Waals surface area contributed by atoms with E-state index >= 15 is 0 Å². The van der Waals surface area contributed by atoms with Crippen LogP contribution in [0.5, 0.6) is 0 Å². The fourth-order valence-corrected chi connectivity index (χ4v) is 2.42. The van der Waals surface area contributed by atoms with Crippen LogP contribution >= 0.6 is 0 Å². The van der Waals surface area contributed by atoms with Crippen LogP contribution in [-0.2, 0) is 0 Å². The van der Waals surface area contributed by atoms with E-state index in [1.54, 1.807) is 0 Å². The molecule has 1 unspecified atom stereocenters. The Labute approximate surface area is 114 Å². The fraction of sp³-hybridized carbons (Fsp3) is 0.438. The lowest BCUT2D eigenvalue weighted by Crippen LogP contribution is -2.36. The summed E-state index contributed by atoms with van der Waals surface area (Å²) in [5, 5.41) is 1.08. The van der Waals surface area contributed by atoms with Crippen LogP contribution in [0.4, 0.5) is 0 Å². The zero-order chi connectivity index (χ0) is 14.0. The van der Waals surface area contributed by atoms with Crippen molar-refractivity contribution < 1.29 is 4.79 Å². The van der Waals surface area contributed by atoms with Gasteiger partial charge in [-0.1, -0.05) is 32.0 Å². The molecule has 0 saturated heterocycles. The average molecular weight is 258 g/mol. The highest BCUT2D eigenvalue weighted by Gasteiger charge is 2.19. The van der Waals surface area contributed by atoms with E-state index in [0.717, 1.165) is 17.3 Å². The predicted molar refractivity (Wildman–Crippen MR) is 79.3 cm³/mol. The zero-order valence-electron chi connectivity index (χ0n) is 12.1. The quantitative estimate of drug-likeness (QED) is 0.892. The number of nitrogens with one attached hydrogen (secondary N) is 1. The monoisotopic (exact) mass is 258 g/mol. The minimum atomic E-state index is 0.0596. The third kappa shape index (κ3) is 2.98. The smallest absolute Gasteiger partial charge is 0.270 e. The van der Waals surface area contributed by atoms with E-state index in [9.17, 15) is 4.79 Å². The van der Waals surface area contributed by atoms with E-state index in [1.807, 2.05) is 42.3 Å². The number of amides is 1. The number of nitrogens with zero attached hydrogens (tertiary/aromatic N) is 1. The van der Waals surface area contributed by atoms with Crippen LogP contribution in [0.15, 0.2) is 30.3 Å². The fourth-order valence-electron chi connectivity index (χ4n) is 2.42. The molecule has 3 heteroatoms. The summed E-state index contributed by atoms with van der Waals surface area (Å²) in [6.07, 6.45) is 1.02. The van der Waals surface area contributed by atoms with Crippen molar-refractivity contribution in [2.45, 2.75) is 33.2 Å². The van der Waals surface area contributed by atoms with Crippen molar-refractivity contribution in [3.8, 4) is 0 Å². The van der Waals surface area contributed by atoms with Crippen molar-refractivity contribution in [3.05, 3.63) is 36.0 Å². The maximum Gasteiger partial charge on any atom is 0.270 e. The second-order valence-electron chi connectivity index (χ2n) is 5.66. The maximum atomic E-state index is 12.4. The van der Waals surface area contributed by atoms with Crippen LogP contribution < -0.4 is 0 Å². The van der Waals surface area contributed by atoms with Crippen LogP contribution in [0.3, 0.4) is 0 Å². The minimum absolute atomic E-state index is 0.0596. The summed E-state index contributed by atoms with van der Waals surface area (Å²) in [5.41, 5.74) is 1.68. The first-order valence-electron chi connectivity index (χ1n) is 6.84. The SMILES string of the molecule is CC(C)CC(C)N(C)C(=O)c1cc2ccccc2[nH]1. The number of aromatic amines is 1. The lowest BCUT2D eigenvalue weighted by Gasteiger charge is -2.25. The first kappa shape index (κ1) is 13.7. The third-order valence-corrected chi connectivity index (χ3v) is 3.55. The molecule has 0 saturated carbocycles. The first-order chi connectivity index (χ1) is 8.99. The van der Waals surface area contributed by atoms with Crippen LogP contribution in [0, 0.1) is 5.92 Å². The molecule has 0 bridgehead atoms. The second-order valence-corrected chi connectivity index (χ2v) is 5.66. The molecule has 2 rings (SSSR count). The highest BCUT2D eigenvalue weighted by Crippen LogP contribution is 2.17. The van der Waals surface area contributed by atoms with E-state index in [2.05, 4.69) is 25.8 Å². The third-order valence-electron chi connectivity index (χ3n) is 3.55. The van der Waals surface area contributed by atoms with Gasteiger partial charge in [-0.3, -0.25) is 4.79 Å². The molecule has 1 aromatic carbocycles. The van der Waals surface area contributed by atoms with Crippen LogP contribution in [0.1, 0.15) is 37.7 Å². The molecular weight excluding hydrogens is 236 g/mol. The zero-order valence-corrected chi connectivity index (χ0v) is 12.1. The Morgan fingerprint density at radius 2 is 1.95 bits per heavy atom. The molecule has 0 aliphatic carbocycles. The number of rotatable bonds is 4. The van der Waals surface area contributed by atoms with E-state index in [4.69, 9.17) is 0 Å². The number of hydrogen-bond acceptors (Lipinski definition) is 1. The van der Waals surface area contributed by atoms with Gasteiger partial charge in [-0.2, -0.15) is 0 Å². The Kier molecular flexibility index (Phi) is 3.93. The van der Waals surface area contributed by atoms with Crippen molar-refractivity contribution >= 4 is 16.8 Å². The van der Waals surface area contributed by atoms with Crippen LogP contribution in [0.2, 0.25) is 0 Å². The summed E-state index contributed by atoms with van der Waals surface area (Å²) in [7, 11) is 1.88. The number of H-pyrrole nitrogens is 1. The molecule has 102 valence electrons. The van der Waals surface area contributed by atoms with Crippen LogP contribution in [-0.4, -0.2) is 28.9 Å². The van der Waals surface area contributed by atoms with Gasteiger partial charge >= 0.3 is 0 Å². The Morgan fingerprint density at radius 1 is 1.26 bits per heavy atom. The van der Waals surface area contributed by atoms with Crippen molar-refractivity contribution in [2.75, 3.05) is 7.05 Å². The van der Waals surface area contributed by atoms with Gasteiger partial charge in [0.25, 0.3) is 5.91 Å². The minimum Gasteiger partial charge on any atom is -0.351 e. The number of aromatic nitrogens is 1. The van der Waals surface area contributed by atoms with Gasteiger partial charge in [0.05, 0.1) is 0 Å². The van der Waals surface area contributed by atoms with Gasteiger partial charge in [0, 0.05) is 24.0 Å². The maximum absolute atomic E-state index is 12.4. The Hall–Kier alpha value is -1.77. The molecule has 1 aromatic heterocycles. The highest BCUT2D eigenvalue weighted by atomic mass is 16.2. The standard InChI is InChI=1S/C16H22N2O/c1-11(2)9-12(3)18(4)16(19)15-10-13-7-5-6-8-14(13)17-15/h5-8,10-12,17H,9H2,1-4H3. The predicted octanol–water partition coefficient (Wildman–Crippen LogP) is 3.67. The molecule has 0 spiro atoms.